The van der Waals surface area contributed by atoms with Crippen LogP contribution in [0.3, 0.4) is 0 Å². The lowest BCUT2D eigenvalue weighted by Gasteiger charge is -2.04. The number of benzene rings is 3. The van der Waals surface area contributed by atoms with Crippen molar-refractivity contribution in [3.63, 3.8) is 0 Å². The maximum Gasteiger partial charge on any atom is 0.227 e. The molecule has 0 aliphatic carbocycles. The van der Waals surface area contributed by atoms with Gasteiger partial charge in [-0.1, -0.05) is 138 Å². The van der Waals surface area contributed by atoms with E-state index in [-0.39, 0.29) is 21.1 Å². The molecule has 0 radical (unpaired) electrons. The van der Waals surface area contributed by atoms with E-state index in [1.807, 2.05) is 120 Å². The third-order valence-corrected chi connectivity index (χ3v) is 4.84. The largest absolute Gasteiger partial charge is 0.227 e. The van der Waals surface area contributed by atoms with E-state index in [0.717, 1.165) is 11.1 Å². The maximum absolute atomic E-state index is 5.99. The highest BCUT2D eigenvalue weighted by molar-refractivity contribution is 6.33. The molecule has 0 aliphatic heterocycles. The van der Waals surface area contributed by atoms with E-state index in [1.165, 1.54) is 5.56 Å². The van der Waals surface area contributed by atoms with Crippen molar-refractivity contribution in [3.8, 4) is 22.8 Å². The van der Waals surface area contributed by atoms with Crippen LogP contribution in [-0.4, -0.2) is 29.9 Å². The van der Waals surface area contributed by atoms with E-state index in [9.17, 15) is 0 Å². The Morgan fingerprint density at radius 2 is 0.634 bits per heavy atom. The van der Waals surface area contributed by atoms with Crippen LogP contribution in [0.1, 0.15) is 47.1 Å². The second-order valence-corrected chi connectivity index (χ2v) is 8.13. The number of nitrogens with zero attached hydrogens (tertiary/aromatic N) is 6. The molecule has 41 heavy (non-hydrogen) atoms. The average Bonchev–Trinajstić information content (AvgIpc) is 3.01. The van der Waals surface area contributed by atoms with Crippen LogP contribution < -0.4 is 0 Å². The molecule has 6 nitrogen and oxygen atoms in total. The van der Waals surface area contributed by atoms with E-state index in [2.05, 4.69) is 49.0 Å². The van der Waals surface area contributed by atoms with Crippen LogP contribution in [0.4, 0.5) is 0 Å². The van der Waals surface area contributed by atoms with Crippen molar-refractivity contribution in [1.29, 1.82) is 0 Å². The molecule has 0 fully saturated rings. The fraction of sp³-hybridized carbons (Fsp3) is 0.226. The van der Waals surface area contributed by atoms with Crippen molar-refractivity contribution in [2.75, 3.05) is 0 Å². The zero-order chi connectivity index (χ0) is 31.0. The van der Waals surface area contributed by atoms with Gasteiger partial charge in [0.05, 0.1) is 0 Å². The first-order chi connectivity index (χ1) is 19.9. The van der Waals surface area contributed by atoms with E-state index < -0.39 is 0 Å². The molecular weight excluding hydrogens is 598 g/mol. The highest BCUT2D eigenvalue weighted by Crippen LogP contribution is 2.21. The van der Waals surface area contributed by atoms with Crippen LogP contribution in [0.15, 0.2) is 91.0 Å². The Morgan fingerprint density at radius 1 is 0.366 bits per heavy atom. The van der Waals surface area contributed by atoms with Gasteiger partial charge >= 0.3 is 0 Å². The normalized spacial score (nSPS) is 8.85. The maximum atomic E-state index is 5.99. The number of aryl methyl sites for hydroxylation is 1. The zero-order valence-electron chi connectivity index (χ0n) is 24.4. The number of aromatic nitrogens is 6. The summed E-state index contributed by atoms with van der Waals surface area (Å²) in [5, 5.41) is 0.202. The summed E-state index contributed by atoms with van der Waals surface area (Å²) in [6.07, 6.45) is 0. The molecule has 0 spiro atoms. The van der Waals surface area contributed by atoms with Crippen molar-refractivity contribution < 1.29 is 0 Å². The van der Waals surface area contributed by atoms with Crippen molar-refractivity contribution >= 4 is 46.4 Å². The first kappa shape index (κ1) is 37.8. The molecule has 0 N–H and O–H groups in total. The van der Waals surface area contributed by atoms with Gasteiger partial charge in [-0.05, 0) is 53.3 Å². The Hall–Kier alpha value is -3.16. The van der Waals surface area contributed by atoms with Gasteiger partial charge in [0.25, 0.3) is 0 Å². The fourth-order valence-corrected chi connectivity index (χ4v) is 3.39. The van der Waals surface area contributed by atoms with Gasteiger partial charge in [-0.15, -0.1) is 0 Å². The second-order valence-electron chi connectivity index (χ2n) is 6.78. The SMILES string of the molecule is CC.CC.CC.Cc1ccccc1.Clc1nc(-c2ccccc2)nc(-c2ccccc2)n1.Clc1nc(Cl)nc(Cl)n1. The average molecular weight is 634 g/mol. The topological polar surface area (TPSA) is 77.3 Å². The Morgan fingerprint density at radius 3 is 0.902 bits per heavy atom. The Balaban J connectivity index is 0.000000607. The van der Waals surface area contributed by atoms with E-state index in [4.69, 9.17) is 46.4 Å². The van der Waals surface area contributed by atoms with Gasteiger partial charge in [0, 0.05) is 11.1 Å². The molecule has 3 aromatic carbocycles. The van der Waals surface area contributed by atoms with E-state index in [1.54, 1.807) is 0 Å². The standard InChI is InChI=1S/C15H10ClN3.C7H8.C3Cl3N3.3C2H6/c16-15-18-13(11-7-3-1-4-8-11)17-14(19-15)12-9-5-2-6-10-12;1-7-5-3-2-4-6-7;4-1-7-2(5)9-3(6)8-1;3*1-2/h1-10H;2-6H,1H3;;3*1-2H3. The van der Waals surface area contributed by atoms with Gasteiger partial charge in [-0.3, -0.25) is 0 Å². The van der Waals surface area contributed by atoms with Gasteiger partial charge in [0.2, 0.25) is 21.1 Å². The van der Waals surface area contributed by atoms with Gasteiger partial charge in [-0.2, -0.15) is 24.9 Å². The molecule has 0 bridgehead atoms. The van der Waals surface area contributed by atoms with Gasteiger partial charge in [-0.25, -0.2) is 4.98 Å². The molecule has 2 aromatic heterocycles. The minimum absolute atomic E-state index is 0.000000000000000444. The molecule has 0 atom stereocenters. The zero-order valence-corrected chi connectivity index (χ0v) is 27.4. The first-order valence-corrected chi connectivity index (χ1v) is 14.7. The van der Waals surface area contributed by atoms with Crippen molar-refractivity contribution in [3.05, 3.63) is 118 Å². The lowest BCUT2D eigenvalue weighted by atomic mass is 10.2. The predicted molar refractivity (Wildman–Crippen MR) is 176 cm³/mol. The summed E-state index contributed by atoms with van der Waals surface area (Å²) in [7, 11) is 0. The van der Waals surface area contributed by atoms with E-state index >= 15 is 0 Å². The number of halogens is 4. The van der Waals surface area contributed by atoms with Crippen molar-refractivity contribution in [2.24, 2.45) is 0 Å². The van der Waals surface area contributed by atoms with E-state index in [0.29, 0.717) is 11.6 Å². The summed E-state index contributed by atoms with van der Waals surface area (Å²) in [4.78, 5) is 23.2. The van der Waals surface area contributed by atoms with Crippen LogP contribution in [0.25, 0.3) is 22.8 Å². The molecule has 0 saturated heterocycles. The van der Waals surface area contributed by atoms with Crippen LogP contribution >= 0.6 is 46.4 Å². The molecule has 0 amide bonds. The highest BCUT2D eigenvalue weighted by Gasteiger charge is 2.08. The molecular formula is C31H36Cl4N6. The molecule has 0 unspecified atom stereocenters. The molecule has 10 heteroatoms. The molecule has 5 aromatic rings. The summed E-state index contributed by atoms with van der Waals surface area (Å²) < 4.78 is 0. The number of rotatable bonds is 2. The summed E-state index contributed by atoms with van der Waals surface area (Å²) >= 11 is 21.9. The first-order valence-electron chi connectivity index (χ1n) is 13.2. The summed E-state index contributed by atoms with van der Waals surface area (Å²) in [5.41, 5.74) is 3.16. The third-order valence-electron chi connectivity index (χ3n) is 4.17. The summed E-state index contributed by atoms with van der Waals surface area (Å²) in [5.74, 6) is 1.17. The van der Waals surface area contributed by atoms with Crippen LogP contribution in [-0.2, 0) is 0 Å². The Bertz CT molecular complexity index is 1230. The van der Waals surface area contributed by atoms with Gasteiger partial charge in [0.15, 0.2) is 11.6 Å². The summed E-state index contributed by atoms with van der Waals surface area (Å²) in [6, 6.07) is 29.7. The second kappa shape index (κ2) is 23.5. The highest BCUT2D eigenvalue weighted by atomic mass is 35.5. The number of hydrogen-bond acceptors (Lipinski definition) is 6. The number of hydrogen-bond donors (Lipinski definition) is 0. The summed E-state index contributed by atoms with van der Waals surface area (Å²) in [6.45, 7) is 14.1. The van der Waals surface area contributed by atoms with Crippen LogP contribution in [0, 0.1) is 6.92 Å². The molecule has 5 rings (SSSR count). The quantitative estimate of drug-likeness (QED) is 0.192. The lowest BCUT2D eigenvalue weighted by molar-refractivity contribution is 1.05. The van der Waals surface area contributed by atoms with Crippen molar-refractivity contribution in [1.82, 2.24) is 29.9 Å². The van der Waals surface area contributed by atoms with Gasteiger partial charge < -0.3 is 0 Å². The molecule has 218 valence electrons. The predicted octanol–water partition coefficient (Wildman–Crippen LogP) is 10.8. The monoisotopic (exact) mass is 632 g/mol. The smallest absolute Gasteiger partial charge is 0.208 e. The third kappa shape index (κ3) is 16.0. The minimum atomic E-state index is 0.000000000000000444. The fourth-order valence-electron chi connectivity index (χ4n) is 2.62. The Kier molecular flexibility index (Phi) is 21.7. The molecule has 0 saturated carbocycles. The Labute approximate surface area is 264 Å². The van der Waals surface area contributed by atoms with Gasteiger partial charge in [0.1, 0.15) is 0 Å². The van der Waals surface area contributed by atoms with Crippen LogP contribution in [0.2, 0.25) is 21.1 Å². The molecule has 0 aliphatic rings. The van der Waals surface area contributed by atoms with Crippen molar-refractivity contribution in [2.45, 2.75) is 48.5 Å². The van der Waals surface area contributed by atoms with Crippen LogP contribution in [0.5, 0.6) is 0 Å². The molecule has 2 heterocycles. The lowest BCUT2D eigenvalue weighted by Crippen LogP contribution is -1.96. The minimum Gasteiger partial charge on any atom is -0.208 e.